The number of nitrogens with one attached hydrogen (secondary N) is 1. The number of hydrogen-bond donors (Lipinski definition) is 2. The number of aliphatic hydroxyl groups is 1. The molecule has 1 aromatic carbocycles. The van der Waals surface area contributed by atoms with Crippen LogP contribution in [0.25, 0.3) is 11.1 Å². The van der Waals surface area contributed by atoms with Gasteiger partial charge in [0.05, 0.1) is 12.1 Å². The van der Waals surface area contributed by atoms with E-state index in [0.29, 0.717) is 30.3 Å². The van der Waals surface area contributed by atoms with Gasteiger partial charge < -0.3 is 19.7 Å². The number of benzene rings is 1. The van der Waals surface area contributed by atoms with Crippen LogP contribution >= 0.6 is 0 Å². The quantitative estimate of drug-likeness (QED) is 0.758. The van der Waals surface area contributed by atoms with Gasteiger partial charge in [0.25, 0.3) is 11.9 Å². The average Bonchev–Trinajstić information content (AvgIpc) is 3.06. The van der Waals surface area contributed by atoms with E-state index >= 15 is 0 Å². The summed E-state index contributed by atoms with van der Waals surface area (Å²) in [5, 5.41) is 13.6. The number of amides is 1. The first kappa shape index (κ1) is 15.6. The molecule has 0 bridgehead atoms. The first-order valence-corrected chi connectivity index (χ1v) is 8.21. The van der Waals surface area contributed by atoms with E-state index in [9.17, 15) is 9.90 Å². The fraction of sp³-hybridized carbons (Fsp3) is 0.278. The van der Waals surface area contributed by atoms with E-state index < -0.39 is 6.10 Å². The van der Waals surface area contributed by atoms with Gasteiger partial charge in [0.2, 0.25) is 0 Å². The number of para-hydroxylation sites is 2. The molecule has 1 fully saturated rings. The Labute approximate surface area is 144 Å². The summed E-state index contributed by atoms with van der Waals surface area (Å²) < 4.78 is 5.64. The van der Waals surface area contributed by atoms with E-state index in [2.05, 4.69) is 15.3 Å². The number of carbonyl (C=O) groups excluding carboxylic acids is 1. The maximum absolute atomic E-state index is 12.4. The molecule has 2 aromatic heterocycles. The predicted molar refractivity (Wildman–Crippen MR) is 92.2 cm³/mol. The Morgan fingerprint density at radius 3 is 2.84 bits per heavy atom. The molecule has 0 spiro atoms. The second-order valence-electron chi connectivity index (χ2n) is 6.06. The molecule has 3 aromatic rings. The van der Waals surface area contributed by atoms with Crippen molar-refractivity contribution in [1.29, 1.82) is 0 Å². The minimum atomic E-state index is -0.712. The molecule has 1 aliphatic heterocycles. The summed E-state index contributed by atoms with van der Waals surface area (Å²) in [5.74, 6) is -0.167. The molecule has 1 amide bonds. The standard InChI is InChI=1S/C18H18N4O3/c23-15-11-22(17(24)14-6-3-4-9-19-14)10-8-12(15)20-18-21-13-5-1-2-7-16(13)25-18/h1-7,9,12,15,23H,8,10-11H2,(H,20,21). The Kier molecular flexibility index (Phi) is 4.07. The van der Waals surface area contributed by atoms with Crippen LogP contribution in [-0.2, 0) is 0 Å². The lowest BCUT2D eigenvalue weighted by molar-refractivity contribution is 0.0419. The van der Waals surface area contributed by atoms with Gasteiger partial charge in [0, 0.05) is 19.3 Å². The number of aliphatic hydroxyl groups excluding tert-OH is 1. The average molecular weight is 338 g/mol. The van der Waals surface area contributed by atoms with E-state index in [-0.39, 0.29) is 18.5 Å². The van der Waals surface area contributed by atoms with Crippen LogP contribution in [0, 0.1) is 0 Å². The molecule has 7 heteroatoms. The molecule has 2 atom stereocenters. The van der Waals surface area contributed by atoms with E-state index in [1.165, 1.54) is 0 Å². The van der Waals surface area contributed by atoms with Crippen LogP contribution in [0.3, 0.4) is 0 Å². The van der Waals surface area contributed by atoms with E-state index in [1.807, 2.05) is 24.3 Å². The van der Waals surface area contributed by atoms with Gasteiger partial charge in [0.1, 0.15) is 11.2 Å². The smallest absolute Gasteiger partial charge is 0.295 e. The van der Waals surface area contributed by atoms with Crippen LogP contribution in [-0.4, -0.2) is 51.1 Å². The molecule has 25 heavy (non-hydrogen) atoms. The summed E-state index contributed by atoms with van der Waals surface area (Å²) >= 11 is 0. The zero-order chi connectivity index (χ0) is 17.2. The molecule has 1 aliphatic rings. The number of hydrogen-bond acceptors (Lipinski definition) is 6. The summed E-state index contributed by atoms with van der Waals surface area (Å²) in [6.45, 7) is 0.775. The second-order valence-corrected chi connectivity index (χ2v) is 6.06. The fourth-order valence-electron chi connectivity index (χ4n) is 3.03. The van der Waals surface area contributed by atoms with Gasteiger partial charge >= 0.3 is 0 Å². The molecule has 0 saturated carbocycles. The van der Waals surface area contributed by atoms with Crippen LogP contribution in [0.5, 0.6) is 0 Å². The third-order valence-electron chi connectivity index (χ3n) is 4.36. The fourth-order valence-corrected chi connectivity index (χ4v) is 3.03. The number of β-amino-alcohol motifs (C(OH)–C–C–N with tert-alkyl or cyclic N) is 1. The minimum absolute atomic E-state index is 0.167. The van der Waals surface area contributed by atoms with Crippen molar-refractivity contribution in [3.05, 3.63) is 54.4 Å². The summed E-state index contributed by atoms with van der Waals surface area (Å²) in [6, 6.07) is 12.9. The van der Waals surface area contributed by atoms with Crippen LogP contribution in [0.15, 0.2) is 53.1 Å². The summed E-state index contributed by atoms with van der Waals surface area (Å²) in [7, 11) is 0. The highest BCUT2D eigenvalue weighted by atomic mass is 16.4. The first-order valence-electron chi connectivity index (χ1n) is 8.21. The van der Waals surface area contributed by atoms with Crippen LogP contribution in [0.2, 0.25) is 0 Å². The van der Waals surface area contributed by atoms with Crippen molar-refractivity contribution in [3.63, 3.8) is 0 Å². The molecule has 128 valence electrons. The number of pyridine rings is 1. The Hall–Kier alpha value is -2.93. The minimum Gasteiger partial charge on any atom is -0.424 e. The topological polar surface area (TPSA) is 91.5 Å². The lowest BCUT2D eigenvalue weighted by Gasteiger charge is -2.35. The maximum Gasteiger partial charge on any atom is 0.295 e. The van der Waals surface area contributed by atoms with Crippen molar-refractivity contribution in [2.45, 2.75) is 18.6 Å². The molecule has 7 nitrogen and oxygen atoms in total. The summed E-state index contributed by atoms with van der Waals surface area (Å²) in [6.07, 6.45) is 1.47. The number of carbonyl (C=O) groups is 1. The number of likely N-dealkylation sites (tertiary alicyclic amines) is 1. The van der Waals surface area contributed by atoms with Gasteiger partial charge in [-0.2, -0.15) is 4.98 Å². The third-order valence-corrected chi connectivity index (χ3v) is 4.36. The van der Waals surface area contributed by atoms with Crippen LogP contribution < -0.4 is 5.32 Å². The number of rotatable bonds is 3. The van der Waals surface area contributed by atoms with Gasteiger partial charge in [-0.05, 0) is 30.7 Å². The molecule has 0 radical (unpaired) electrons. The second kappa shape index (κ2) is 6.52. The Bertz CT molecular complexity index is 847. The largest absolute Gasteiger partial charge is 0.424 e. The van der Waals surface area contributed by atoms with Crippen LogP contribution in [0.4, 0.5) is 6.01 Å². The van der Waals surface area contributed by atoms with Crippen molar-refractivity contribution in [2.75, 3.05) is 18.4 Å². The number of oxazole rings is 1. The lowest BCUT2D eigenvalue weighted by atomic mass is 10.0. The lowest BCUT2D eigenvalue weighted by Crippen LogP contribution is -2.51. The number of piperidine rings is 1. The number of nitrogens with zero attached hydrogens (tertiary/aromatic N) is 3. The predicted octanol–water partition coefficient (Wildman–Crippen LogP) is 1.91. The van der Waals surface area contributed by atoms with E-state index in [4.69, 9.17) is 4.42 Å². The Morgan fingerprint density at radius 1 is 1.24 bits per heavy atom. The zero-order valence-electron chi connectivity index (χ0n) is 13.5. The molecular weight excluding hydrogens is 320 g/mol. The highest BCUT2D eigenvalue weighted by molar-refractivity contribution is 5.92. The van der Waals surface area contributed by atoms with Gasteiger partial charge in [-0.15, -0.1) is 0 Å². The van der Waals surface area contributed by atoms with Gasteiger partial charge in [-0.3, -0.25) is 9.78 Å². The van der Waals surface area contributed by atoms with Crippen molar-refractivity contribution in [2.24, 2.45) is 0 Å². The highest BCUT2D eigenvalue weighted by Crippen LogP contribution is 2.22. The van der Waals surface area contributed by atoms with Gasteiger partial charge in [-0.25, -0.2) is 0 Å². The molecule has 3 heterocycles. The van der Waals surface area contributed by atoms with Crippen molar-refractivity contribution in [3.8, 4) is 0 Å². The molecule has 0 aliphatic carbocycles. The van der Waals surface area contributed by atoms with E-state index in [1.54, 1.807) is 29.3 Å². The molecular formula is C18H18N4O3. The molecule has 2 N–H and O–H groups in total. The normalized spacial score (nSPS) is 20.6. The Morgan fingerprint density at radius 2 is 2.08 bits per heavy atom. The maximum atomic E-state index is 12.4. The zero-order valence-corrected chi connectivity index (χ0v) is 13.5. The first-order chi connectivity index (χ1) is 12.2. The number of aromatic nitrogens is 2. The van der Waals surface area contributed by atoms with Gasteiger partial charge in [-0.1, -0.05) is 18.2 Å². The molecule has 1 saturated heterocycles. The van der Waals surface area contributed by atoms with Gasteiger partial charge in [0.15, 0.2) is 5.58 Å². The third kappa shape index (κ3) is 3.18. The molecule has 4 rings (SSSR count). The Balaban J connectivity index is 1.42. The highest BCUT2D eigenvalue weighted by Gasteiger charge is 2.31. The molecule has 2 unspecified atom stereocenters. The van der Waals surface area contributed by atoms with Crippen molar-refractivity contribution >= 4 is 23.0 Å². The number of anilines is 1. The monoisotopic (exact) mass is 338 g/mol. The number of fused-ring (bicyclic) bond motifs is 1. The summed E-state index contributed by atoms with van der Waals surface area (Å²) in [5.41, 5.74) is 1.85. The van der Waals surface area contributed by atoms with Crippen LogP contribution in [0.1, 0.15) is 16.9 Å². The van der Waals surface area contributed by atoms with Crippen molar-refractivity contribution in [1.82, 2.24) is 14.9 Å². The summed E-state index contributed by atoms with van der Waals surface area (Å²) in [4.78, 5) is 22.5. The van der Waals surface area contributed by atoms with Crippen molar-refractivity contribution < 1.29 is 14.3 Å². The SMILES string of the molecule is O=C(c1ccccn1)N1CCC(Nc2nc3ccccc3o2)C(O)C1. The van der Waals surface area contributed by atoms with E-state index in [0.717, 1.165) is 5.52 Å².